The highest BCUT2D eigenvalue weighted by atomic mass is 16.2. The zero-order chi connectivity index (χ0) is 12.3. The van der Waals surface area contributed by atoms with Crippen molar-refractivity contribution < 1.29 is 9.59 Å². The third-order valence-corrected chi connectivity index (χ3v) is 3.20. The molecule has 0 aromatic heterocycles. The Hall–Kier alpha value is -0.900. The minimum Gasteiger partial charge on any atom is -0.315 e. The Bertz CT molecular complexity index is 258. The zero-order valence-electron chi connectivity index (χ0n) is 10.6. The molecule has 92 valence electrons. The van der Waals surface area contributed by atoms with E-state index in [1.807, 2.05) is 14.0 Å². The number of piperidine rings is 1. The summed E-state index contributed by atoms with van der Waals surface area (Å²) in [5.41, 5.74) is 0. The van der Waals surface area contributed by atoms with Crippen LogP contribution in [0.1, 0.15) is 33.6 Å². The number of hydrogen-bond acceptors (Lipinski definition) is 3. The molecule has 0 aromatic carbocycles. The van der Waals surface area contributed by atoms with Crippen molar-refractivity contribution in [3.05, 3.63) is 0 Å². The Morgan fingerprint density at radius 3 is 2.19 bits per heavy atom. The van der Waals surface area contributed by atoms with Crippen molar-refractivity contribution in [2.24, 2.45) is 11.8 Å². The number of hydrogen-bond donors (Lipinski definition) is 1. The average Bonchev–Trinajstić information content (AvgIpc) is 2.15. The Morgan fingerprint density at radius 1 is 1.31 bits per heavy atom. The first-order valence-corrected chi connectivity index (χ1v) is 5.96. The van der Waals surface area contributed by atoms with E-state index in [0.29, 0.717) is 25.3 Å². The number of nitrogens with zero attached hydrogens (tertiary/aromatic N) is 1. The first-order chi connectivity index (χ1) is 7.45. The van der Waals surface area contributed by atoms with Crippen LogP contribution in [0.2, 0.25) is 0 Å². The summed E-state index contributed by atoms with van der Waals surface area (Å²) < 4.78 is 0. The lowest BCUT2D eigenvalue weighted by Gasteiger charge is -2.32. The topological polar surface area (TPSA) is 49.4 Å². The standard InChI is InChI=1S/C12H22N2O2/c1-8(2)10(13-4)7-14-11(15)5-9(3)6-12(14)16/h8-10,13H,5-7H2,1-4H3. The van der Waals surface area contributed by atoms with E-state index in [1.165, 1.54) is 4.90 Å². The molecule has 1 aliphatic heterocycles. The first-order valence-electron chi connectivity index (χ1n) is 5.96. The molecular weight excluding hydrogens is 204 g/mol. The van der Waals surface area contributed by atoms with E-state index in [2.05, 4.69) is 19.2 Å². The average molecular weight is 226 g/mol. The van der Waals surface area contributed by atoms with Gasteiger partial charge in [-0.2, -0.15) is 0 Å². The van der Waals surface area contributed by atoms with Gasteiger partial charge in [0.1, 0.15) is 0 Å². The third-order valence-electron chi connectivity index (χ3n) is 3.20. The van der Waals surface area contributed by atoms with Gasteiger partial charge in [-0.25, -0.2) is 0 Å². The lowest BCUT2D eigenvalue weighted by Crippen LogP contribution is -2.50. The van der Waals surface area contributed by atoms with Crippen LogP contribution in [0, 0.1) is 11.8 Å². The van der Waals surface area contributed by atoms with Crippen LogP contribution in [0.15, 0.2) is 0 Å². The van der Waals surface area contributed by atoms with Crippen molar-refractivity contribution >= 4 is 11.8 Å². The predicted octanol–water partition coefficient (Wildman–Crippen LogP) is 1.02. The van der Waals surface area contributed by atoms with E-state index in [-0.39, 0.29) is 23.8 Å². The summed E-state index contributed by atoms with van der Waals surface area (Å²) in [6, 6.07) is 0.182. The Kier molecular flexibility index (Phi) is 4.47. The van der Waals surface area contributed by atoms with E-state index in [9.17, 15) is 9.59 Å². The van der Waals surface area contributed by atoms with Crippen LogP contribution in [0.25, 0.3) is 0 Å². The van der Waals surface area contributed by atoms with E-state index < -0.39 is 0 Å². The van der Waals surface area contributed by atoms with Gasteiger partial charge in [-0.3, -0.25) is 14.5 Å². The fourth-order valence-corrected chi connectivity index (χ4v) is 2.06. The van der Waals surface area contributed by atoms with Crippen LogP contribution in [-0.2, 0) is 9.59 Å². The van der Waals surface area contributed by atoms with Crippen molar-refractivity contribution in [1.29, 1.82) is 0 Å². The van der Waals surface area contributed by atoms with E-state index in [1.54, 1.807) is 0 Å². The predicted molar refractivity (Wildman–Crippen MR) is 62.8 cm³/mol. The maximum absolute atomic E-state index is 11.8. The van der Waals surface area contributed by atoms with Gasteiger partial charge in [0, 0.05) is 25.4 Å². The molecule has 1 heterocycles. The van der Waals surface area contributed by atoms with Gasteiger partial charge in [-0.15, -0.1) is 0 Å². The number of amides is 2. The molecule has 1 fully saturated rings. The number of carbonyl (C=O) groups is 2. The fraction of sp³-hybridized carbons (Fsp3) is 0.833. The number of nitrogens with one attached hydrogen (secondary N) is 1. The maximum atomic E-state index is 11.8. The first kappa shape index (κ1) is 13.2. The second-order valence-corrected chi connectivity index (χ2v) is 5.05. The molecule has 1 unspecified atom stereocenters. The second-order valence-electron chi connectivity index (χ2n) is 5.05. The van der Waals surface area contributed by atoms with Crippen LogP contribution in [0.3, 0.4) is 0 Å². The summed E-state index contributed by atoms with van der Waals surface area (Å²) >= 11 is 0. The van der Waals surface area contributed by atoms with Crippen LogP contribution < -0.4 is 5.32 Å². The van der Waals surface area contributed by atoms with Crippen molar-refractivity contribution in [1.82, 2.24) is 10.2 Å². The molecule has 0 aliphatic carbocycles. The highest BCUT2D eigenvalue weighted by molar-refractivity contribution is 5.97. The van der Waals surface area contributed by atoms with Gasteiger partial charge in [0.05, 0.1) is 0 Å². The number of likely N-dealkylation sites (N-methyl/N-ethyl adjacent to an activating group) is 1. The lowest BCUT2D eigenvalue weighted by atomic mass is 9.96. The zero-order valence-corrected chi connectivity index (χ0v) is 10.6. The minimum absolute atomic E-state index is 0.0235. The van der Waals surface area contributed by atoms with Crippen molar-refractivity contribution in [3.63, 3.8) is 0 Å². The van der Waals surface area contributed by atoms with Gasteiger partial charge < -0.3 is 5.32 Å². The van der Waals surface area contributed by atoms with E-state index in [4.69, 9.17) is 0 Å². The summed E-state index contributed by atoms with van der Waals surface area (Å²) in [7, 11) is 1.87. The summed E-state index contributed by atoms with van der Waals surface area (Å²) in [6.45, 7) is 6.62. The number of imide groups is 1. The third kappa shape index (κ3) is 3.04. The molecule has 1 saturated heterocycles. The molecule has 2 amide bonds. The molecule has 1 N–H and O–H groups in total. The monoisotopic (exact) mass is 226 g/mol. The molecule has 0 saturated carbocycles. The van der Waals surface area contributed by atoms with Crippen molar-refractivity contribution in [2.45, 2.75) is 39.7 Å². The molecule has 4 nitrogen and oxygen atoms in total. The molecule has 0 spiro atoms. The van der Waals surface area contributed by atoms with Crippen molar-refractivity contribution in [2.75, 3.05) is 13.6 Å². The summed E-state index contributed by atoms with van der Waals surface area (Å²) in [5.74, 6) is 0.558. The Labute approximate surface area is 97.4 Å². The van der Waals surface area contributed by atoms with Gasteiger partial charge in [-0.1, -0.05) is 20.8 Å². The molecular formula is C12H22N2O2. The van der Waals surface area contributed by atoms with Gasteiger partial charge in [-0.05, 0) is 18.9 Å². The molecule has 0 radical (unpaired) electrons. The van der Waals surface area contributed by atoms with E-state index >= 15 is 0 Å². The largest absolute Gasteiger partial charge is 0.315 e. The highest BCUT2D eigenvalue weighted by Crippen LogP contribution is 2.19. The normalized spacial score (nSPS) is 20.7. The number of carbonyl (C=O) groups excluding carboxylic acids is 2. The molecule has 16 heavy (non-hydrogen) atoms. The van der Waals surface area contributed by atoms with Gasteiger partial charge in [0.15, 0.2) is 0 Å². The van der Waals surface area contributed by atoms with E-state index in [0.717, 1.165) is 0 Å². The molecule has 1 aliphatic rings. The molecule has 1 atom stereocenters. The quantitative estimate of drug-likeness (QED) is 0.728. The van der Waals surface area contributed by atoms with Crippen molar-refractivity contribution in [3.8, 4) is 0 Å². The Morgan fingerprint density at radius 2 is 1.81 bits per heavy atom. The maximum Gasteiger partial charge on any atom is 0.229 e. The minimum atomic E-state index is -0.0235. The van der Waals surface area contributed by atoms with Crippen LogP contribution >= 0.6 is 0 Å². The molecule has 0 bridgehead atoms. The second kappa shape index (κ2) is 5.43. The number of likely N-dealkylation sites (tertiary alicyclic amines) is 1. The molecule has 1 rings (SSSR count). The summed E-state index contributed by atoms with van der Waals surface area (Å²) in [5, 5.41) is 3.16. The molecule has 4 heteroatoms. The van der Waals surface area contributed by atoms with Crippen LogP contribution in [0.5, 0.6) is 0 Å². The fourth-order valence-electron chi connectivity index (χ4n) is 2.06. The van der Waals surface area contributed by atoms with Crippen LogP contribution in [-0.4, -0.2) is 36.3 Å². The molecule has 0 aromatic rings. The van der Waals surface area contributed by atoms with Crippen LogP contribution in [0.4, 0.5) is 0 Å². The van der Waals surface area contributed by atoms with Gasteiger partial charge >= 0.3 is 0 Å². The number of rotatable bonds is 4. The summed E-state index contributed by atoms with van der Waals surface area (Å²) in [4.78, 5) is 25.0. The van der Waals surface area contributed by atoms with Gasteiger partial charge in [0.25, 0.3) is 0 Å². The Balaban J connectivity index is 2.65. The highest BCUT2D eigenvalue weighted by Gasteiger charge is 2.31. The van der Waals surface area contributed by atoms with Gasteiger partial charge in [0.2, 0.25) is 11.8 Å². The SMILES string of the molecule is CNC(CN1C(=O)CC(C)CC1=O)C(C)C. The smallest absolute Gasteiger partial charge is 0.229 e. The summed E-state index contributed by atoms with van der Waals surface area (Å²) in [6.07, 6.45) is 1.00. The lowest BCUT2D eigenvalue weighted by molar-refractivity contribution is -0.150.